The minimum Gasteiger partial charge on any atom is -0.497 e. The van der Waals surface area contributed by atoms with E-state index < -0.39 is 29.6 Å². The Kier molecular flexibility index (Phi) is 7.89. The monoisotopic (exact) mass is 469 g/mol. The normalized spacial score (nSPS) is 15.5. The molecule has 1 aliphatic heterocycles. The Morgan fingerprint density at radius 3 is 2.27 bits per heavy atom. The molecule has 9 heteroatoms. The molecule has 0 saturated carbocycles. The molecule has 0 unspecified atom stereocenters. The Balaban J connectivity index is 1.62. The molecular formula is C24H23NO7S. The smallest absolute Gasteiger partial charge is 0.343 e. The molecule has 172 valence electrons. The molecule has 3 rings (SSSR count). The van der Waals surface area contributed by atoms with Crippen molar-refractivity contribution in [2.45, 2.75) is 26.4 Å². The highest BCUT2D eigenvalue weighted by Gasteiger charge is 2.36. The van der Waals surface area contributed by atoms with Gasteiger partial charge in [0.15, 0.2) is 0 Å². The summed E-state index contributed by atoms with van der Waals surface area (Å²) in [5.41, 5.74) is 1.01. The third-order valence-electron chi connectivity index (χ3n) is 4.78. The molecule has 0 N–H and O–H groups in total. The van der Waals surface area contributed by atoms with Crippen LogP contribution in [0.4, 0.5) is 4.79 Å². The summed E-state index contributed by atoms with van der Waals surface area (Å²) in [5.74, 6) is -0.741. The van der Waals surface area contributed by atoms with Crippen molar-refractivity contribution in [2.24, 2.45) is 0 Å². The van der Waals surface area contributed by atoms with E-state index in [0.717, 1.165) is 16.7 Å². The van der Waals surface area contributed by atoms with Gasteiger partial charge < -0.3 is 14.2 Å². The molecule has 0 aromatic heterocycles. The van der Waals surface area contributed by atoms with Crippen LogP contribution >= 0.6 is 11.8 Å². The van der Waals surface area contributed by atoms with Crippen LogP contribution in [-0.4, -0.2) is 47.7 Å². The number of methoxy groups -OCH3 is 1. The largest absolute Gasteiger partial charge is 0.497 e. The number of hydrogen-bond acceptors (Lipinski definition) is 8. The number of ether oxygens (including phenoxy) is 3. The Labute approximate surface area is 195 Å². The van der Waals surface area contributed by atoms with Crippen LogP contribution in [0.25, 0.3) is 6.08 Å². The van der Waals surface area contributed by atoms with Gasteiger partial charge in [0.25, 0.3) is 11.1 Å². The minimum absolute atomic E-state index is 0.194. The van der Waals surface area contributed by atoms with Crippen molar-refractivity contribution in [3.05, 3.63) is 64.6 Å². The maximum Gasteiger partial charge on any atom is 0.343 e. The number of rotatable bonds is 8. The second-order valence-electron chi connectivity index (χ2n) is 7.16. The van der Waals surface area contributed by atoms with Crippen LogP contribution < -0.4 is 9.47 Å². The Hall–Kier alpha value is -3.59. The van der Waals surface area contributed by atoms with Crippen molar-refractivity contribution in [1.29, 1.82) is 0 Å². The average molecular weight is 470 g/mol. The molecule has 1 aliphatic rings. The van der Waals surface area contributed by atoms with E-state index in [0.29, 0.717) is 29.0 Å². The Morgan fingerprint density at radius 1 is 1.03 bits per heavy atom. The van der Waals surface area contributed by atoms with E-state index in [4.69, 9.17) is 14.2 Å². The zero-order valence-corrected chi connectivity index (χ0v) is 19.2. The summed E-state index contributed by atoms with van der Waals surface area (Å²) in [7, 11) is 1.54. The Morgan fingerprint density at radius 2 is 1.67 bits per heavy atom. The molecule has 1 atom stereocenters. The van der Waals surface area contributed by atoms with Crippen molar-refractivity contribution in [3.8, 4) is 11.5 Å². The number of benzene rings is 2. The SMILES string of the molecule is CC[C@@H](C)OC(=O)CN1C(=O)S/C(=C/c2ccc(OC(=O)c3ccc(OC)cc3)cc2)C1=O. The summed E-state index contributed by atoms with van der Waals surface area (Å²) in [6, 6.07) is 13.0. The molecule has 1 heterocycles. The van der Waals surface area contributed by atoms with Gasteiger partial charge in [-0.15, -0.1) is 0 Å². The predicted octanol–water partition coefficient (Wildman–Crippen LogP) is 4.29. The van der Waals surface area contributed by atoms with E-state index >= 15 is 0 Å². The molecule has 1 fully saturated rings. The zero-order valence-electron chi connectivity index (χ0n) is 18.4. The highest BCUT2D eigenvalue weighted by atomic mass is 32.2. The fourth-order valence-electron chi connectivity index (χ4n) is 2.79. The summed E-state index contributed by atoms with van der Waals surface area (Å²) in [6.45, 7) is 3.18. The highest BCUT2D eigenvalue weighted by Crippen LogP contribution is 2.32. The van der Waals surface area contributed by atoms with Crippen LogP contribution in [0, 0.1) is 0 Å². The van der Waals surface area contributed by atoms with Gasteiger partial charge in [-0.05, 0) is 73.1 Å². The second kappa shape index (κ2) is 10.8. The minimum atomic E-state index is -0.629. The summed E-state index contributed by atoms with van der Waals surface area (Å²) in [5, 5.41) is -0.530. The number of hydrogen-bond donors (Lipinski definition) is 0. The lowest BCUT2D eigenvalue weighted by Crippen LogP contribution is -2.35. The van der Waals surface area contributed by atoms with E-state index in [1.807, 2.05) is 6.92 Å². The van der Waals surface area contributed by atoms with Crippen LogP contribution in [0.3, 0.4) is 0 Å². The van der Waals surface area contributed by atoms with Gasteiger partial charge in [-0.1, -0.05) is 19.1 Å². The molecule has 0 radical (unpaired) electrons. The molecule has 2 aromatic carbocycles. The number of carbonyl (C=O) groups is 4. The molecule has 33 heavy (non-hydrogen) atoms. The summed E-state index contributed by atoms with van der Waals surface area (Å²) < 4.78 is 15.6. The molecule has 8 nitrogen and oxygen atoms in total. The zero-order chi connectivity index (χ0) is 24.0. The van der Waals surface area contributed by atoms with Crippen molar-refractivity contribution in [1.82, 2.24) is 4.90 Å². The number of amides is 2. The fraction of sp³-hybridized carbons (Fsp3) is 0.250. The van der Waals surface area contributed by atoms with Gasteiger partial charge in [-0.3, -0.25) is 19.3 Å². The summed E-state index contributed by atoms with van der Waals surface area (Å²) in [6.07, 6.45) is 1.89. The fourth-order valence-corrected chi connectivity index (χ4v) is 3.63. The van der Waals surface area contributed by atoms with Gasteiger partial charge in [0.1, 0.15) is 18.0 Å². The molecular weight excluding hydrogens is 446 g/mol. The number of esters is 2. The van der Waals surface area contributed by atoms with Crippen molar-refractivity contribution in [3.63, 3.8) is 0 Å². The van der Waals surface area contributed by atoms with Crippen LogP contribution in [0.1, 0.15) is 36.2 Å². The quantitative estimate of drug-likeness (QED) is 0.321. The first kappa shape index (κ1) is 24.1. The van der Waals surface area contributed by atoms with Gasteiger partial charge in [-0.25, -0.2) is 4.79 Å². The third kappa shape index (κ3) is 6.23. The van der Waals surface area contributed by atoms with Crippen LogP contribution in [0.2, 0.25) is 0 Å². The van der Waals surface area contributed by atoms with E-state index in [2.05, 4.69) is 0 Å². The molecule has 0 spiro atoms. The number of thioether (sulfide) groups is 1. The average Bonchev–Trinajstić information content (AvgIpc) is 3.07. The predicted molar refractivity (Wildman–Crippen MR) is 123 cm³/mol. The maximum atomic E-state index is 12.6. The van der Waals surface area contributed by atoms with Crippen LogP contribution in [0.5, 0.6) is 11.5 Å². The molecule has 2 aromatic rings. The maximum absolute atomic E-state index is 12.6. The van der Waals surface area contributed by atoms with Gasteiger partial charge in [0.2, 0.25) is 0 Å². The van der Waals surface area contributed by atoms with E-state index in [-0.39, 0.29) is 11.0 Å². The van der Waals surface area contributed by atoms with Gasteiger partial charge in [0.05, 0.1) is 23.7 Å². The van der Waals surface area contributed by atoms with Crippen LogP contribution in [0.15, 0.2) is 53.4 Å². The molecule has 2 amide bonds. The summed E-state index contributed by atoms with van der Waals surface area (Å²) >= 11 is 0.754. The Bertz CT molecular complexity index is 1080. The lowest BCUT2D eigenvalue weighted by molar-refractivity contribution is -0.150. The molecule has 0 bridgehead atoms. The van der Waals surface area contributed by atoms with Crippen molar-refractivity contribution < 1.29 is 33.4 Å². The van der Waals surface area contributed by atoms with E-state index in [9.17, 15) is 19.2 Å². The van der Waals surface area contributed by atoms with Crippen molar-refractivity contribution >= 4 is 40.9 Å². The van der Waals surface area contributed by atoms with E-state index in [1.54, 1.807) is 61.5 Å². The second-order valence-corrected chi connectivity index (χ2v) is 8.16. The van der Waals surface area contributed by atoms with Crippen molar-refractivity contribution in [2.75, 3.05) is 13.7 Å². The topological polar surface area (TPSA) is 99.2 Å². The van der Waals surface area contributed by atoms with Gasteiger partial charge in [-0.2, -0.15) is 0 Å². The standard InChI is InChI=1S/C24H23NO7S/c1-4-15(2)31-21(26)14-25-22(27)20(33-24(25)29)13-16-5-9-19(10-6-16)32-23(28)17-7-11-18(30-3)12-8-17/h5-13,15H,4,14H2,1-3H3/b20-13+/t15-/m1/s1. The first-order chi connectivity index (χ1) is 15.8. The number of nitrogens with zero attached hydrogens (tertiary/aromatic N) is 1. The first-order valence-corrected chi connectivity index (χ1v) is 11.0. The highest BCUT2D eigenvalue weighted by molar-refractivity contribution is 8.18. The van der Waals surface area contributed by atoms with Crippen LogP contribution in [-0.2, 0) is 14.3 Å². The number of carbonyl (C=O) groups excluding carboxylic acids is 4. The lowest BCUT2D eigenvalue weighted by atomic mass is 10.2. The summed E-state index contributed by atoms with van der Waals surface area (Å²) in [4.78, 5) is 50.0. The van der Waals surface area contributed by atoms with E-state index in [1.165, 1.54) is 7.11 Å². The first-order valence-electron chi connectivity index (χ1n) is 10.2. The van der Waals surface area contributed by atoms with Gasteiger partial charge in [0, 0.05) is 0 Å². The molecule has 0 aliphatic carbocycles. The number of imide groups is 1. The molecule has 1 saturated heterocycles. The third-order valence-corrected chi connectivity index (χ3v) is 5.69. The van der Waals surface area contributed by atoms with Gasteiger partial charge >= 0.3 is 11.9 Å². The lowest BCUT2D eigenvalue weighted by Gasteiger charge is -2.14.